The number of amides is 4. The first kappa shape index (κ1) is 25.8. The number of Topliss-reactive ketones (excluding diaryl/α,β-unsaturated/α-hetero) is 1. The van der Waals surface area contributed by atoms with Gasteiger partial charge < -0.3 is 15.4 Å². The molecular weight excluding hydrogens is 460 g/mol. The Kier molecular flexibility index (Phi) is 8.16. The van der Waals surface area contributed by atoms with Gasteiger partial charge in [-0.15, -0.1) is 0 Å². The molecule has 2 aromatic rings. The number of anilines is 1. The van der Waals surface area contributed by atoms with E-state index in [1.807, 2.05) is 0 Å². The van der Waals surface area contributed by atoms with Crippen molar-refractivity contribution in [1.82, 2.24) is 10.2 Å². The Labute approximate surface area is 201 Å². The van der Waals surface area contributed by atoms with Gasteiger partial charge in [0.05, 0.1) is 6.54 Å². The molecule has 35 heavy (non-hydrogen) atoms. The van der Waals surface area contributed by atoms with E-state index in [2.05, 4.69) is 22.3 Å². The number of unbranched alkanes of at least 4 members (excludes halogenated alkanes) is 2. The number of nitrogens with one attached hydrogen (secondary N) is 2. The standard InChI is InChI=1S/C25H27F2N3O5/c1-3-4-5-6-21(32)28-18-11-7-16(8-12-18)20(31)15-30-22(33)25(2,29-24(30)34)17-9-13-19(14-10-17)35-23(26)27/h7-14,23H,3-6,15H2,1-2H3,(H,28,32)(H,29,34)/t25-/m0/s1. The van der Waals surface area contributed by atoms with Crippen molar-refractivity contribution < 1.29 is 32.7 Å². The lowest BCUT2D eigenvalue weighted by atomic mass is 9.92. The van der Waals surface area contributed by atoms with E-state index in [-0.39, 0.29) is 17.2 Å². The van der Waals surface area contributed by atoms with Crippen LogP contribution in [0.2, 0.25) is 0 Å². The van der Waals surface area contributed by atoms with Gasteiger partial charge in [-0.1, -0.05) is 31.9 Å². The predicted octanol–water partition coefficient (Wildman–Crippen LogP) is 4.46. The minimum atomic E-state index is -2.98. The molecule has 1 aliphatic heterocycles. The van der Waals surface area contributed by atoms with Crippen LogP contribution >= 0.6 is 0 Å². The van der Waals surface area contributed by atoms with Crippen molar-refractivity contribution >= 4 is 29.3 Å². The third-order valence-corrected chi connectivity index (χ3v) is 5.73. The Balaban J connectivity index is 1.63. The summed E-state index contributed by atoms with van der Waals surface area (Å²) in [5.74, 6) is -1.30. The average molecular weight is 488 g/mol. The number of rotatable bonds is 11. The summed E-state index contributed by atoms with van der Waals surface area (Å²) in [6.07, 6.45) is 3.21. The maximum atomic E-state index is 13.0. The highest BCUT2D eigenvalue weighted by Gasteiger charge is 2.49. The number of urea groups is 1. The zero-order valence-corrected chi connectivity index (χ0v) is 19.5. The number of nitrogens with zero attached hydrogens (tertiary/aromatic N) is 1. The molecule has 1 heterocycles. The molecule has 2 aromatic carbocycles. The number of hydrogen-bond acceptors (Lipinski definition) is 5. The zero-order chi connectivity index (χ0) is 25.6. The fraction of sp³-hybridized carbons (Fsp3) is 0.360. The summed E-state index contributed by atoms with van der Waals surface area (Å²) in [7, 11) is 0. The summed E-state index contributed by atoms with van der Waals surface area (Å²) in [4.78, 5) is 51.1. The molecular formula is C25H27F2N3O5. The Morgan fingerprint density at radius 3 is 2.31 bits per heavy atom. The van der Waals surface area contributed by atoms with Crippen molar-refractivity contribution in [1.29, 1.82) is 0 Å². The van der Waals surface area contributed by atoms with Crippen LogP contribution < -0.4 is 15.4 Å². The van der Waals surface area contributed by atoms with Crippen LogP contribution in [0.15, 0.2) is 48.5 Å². The van der Waals surface area contributed by atoms with Crippen LogP contribution in [0.3, 0.4) is 0 Å². The van der Waals surface area contributed by atoms with Crippen LogP contribution in [0.4, 0.5) is 19.3 Å². The Hall–Kier alpha value is -3.82. The van der Waals surface area contributed by atoms with Gasteiger partial charge in [-0.3, -0.25) is 19.3 Å². The van der Waals surface area contributed by atoms with Gasteiger partial charge >= 0.3 is 12.6 Å². The number of benzene rings is 2. The van der Waals surface area contributed by atoms with Crippen LogP contribution in [0.25, 0.3) is 0 Å². The second-order valence-corrected chi connectivity index (χ2v) is 8.36. The number of carbonyl (C=O) groups is 4. The summed E-state index contributed by atoms with van der Waals surface area (Å²) in [5, 5.41) is 5.33. The van der Waals surface area contributed by atoms with Gasteiger partial charge in [0.2, 0.25) is 5.91 Å². The second kappa shape index (κ2) is 11.1. The number of ketones is 1. The van der Waals surface area contributed by atoms with Crippen molar-refractivity contribution in [2.45, 2.75) is 51.7 Å². The first-order valence-corrected chi connectivity index (χ1v) is 11.3. The zero-order valence-electron chi connectivity index (χ0n) is 19.5. The number of imide groups is 1. The molecule has 1 fully saturated rings. The molecule has 0 aromatic heterocycles. The summed E-state index contributed by atoms with van der Waals surface area (Å²) < 4.78 is 29.0. The molecule has 0 bridgehead atoms. The van der Waals surface area contributed by atoms with Crippen molar-refractivity contribution in [3.8, 4) is 5.75 Å². The molecule has 3 rings (SSSR count). The van der Waals surface area contributed by atoms with E-state index in [1.54, 1.807) is 12.1 Å². The lowest BCUT2D eigenvalue weighted by Crippen LogP contribution is -2.41. The van der Waals surface area contributed by atoms with Crippen LogP contribution in [0.5, 0.6) is 5.75 Å². The predicted molar refractivity (Wildman–Crippen MR) is 124 cm³/mol. The van der Waals surface area contributed by atoms with E-state index < -0.39 is 36.4 Å². The molecule has 8 nitrogen and oxygen atoms in total. The van der Waals surface area contributed by atoms with Crippen LogP contribution in [-0.2, 0) is 15.1 Å². The molecule has 186 valence electrons. The maximum absolute atomic E-state index is 13.0. The van der Waals surface area contributed by atoms with Gasteiger partial charge in [-0.2, -0.15) is 8.78 Å². The number of ether oxygens (including phenoxy) is 1. The van der Waals surface area contributed by atoms with Crippen LogP contribution in [0, 0.1) is 0 Å². The van der Waals surface area contributed by atoms with Crippen molar-refractivity contribution in [2.75, 3.05) is 11.9 Å². The summed E-state index contributed by atoms with van der Waals surface area (Å²) in [6.45, 7) is 0.0645. The first-order chi connectivity index (χ1) is 16.6. The molecule has 1 saturated heterocycles. The first-order valence-electron chi connectivity index (χ1n) is 11.3. The van der Waals surface area contributed by atoms with Gasteiger partial charge in [0, 0.05) is 17.7 Å². The van der Waals surface area contributed by atoms with Crippen molar-refractivity contribution in [3.63, 3.8) is 0 Å². The Morgan fingerprint density at radius 1 is 1.06 bits per heavy atom. The average Bonchev–Trinajstić information content (AvgIpc) is 3.03. The summed E-state index contributed by atoms with van der Waals surface area (Å²) in [6, 6.07) is 10.8. The summed E-state index contributed by atoms with van der Waals surface area (Å²) >= 11 is 0. The number of hydrogen-bond donors (Lipinski definition) is 2. The van der Waals surface area contributed by atoms with Crippen LogP contribution in [-0.4, -0.2) is 41.7 Å². The molecule has 0 aliphatic carbocycles. The molecule has 0 saturated carbocycles. The molecule has 1 atom stereocenters. The minimum absolute atomic E-state index is 0.0863. The smallest absolute Gasteiger partial charge is 0.387 e. The quantitative estimate of drug-likeness (QED) is 0.277. The fourth-order valence-electron chi connectivity index (χ4n) is 3.74. The third kappa shape index (κ3) is 6.20. The topological polar surface area (TPSA) is 105 Å². The highest BCUT2D eigenvalue weighted by Crippen LogP contribution is 2.30. The van der Waals surface area contributed by atoms with Gasteiger partial charge in [0.1, 0.15) is 11.3 Å². The molecule has 4 amide bonds. The normalized spacial score (nSPS) is 17.5. The molecule has 10 heteroatoms. The largest absolute Gasteiger partial charge is 0.435 e. The van der Waals surface area contributed by atoms with Gasteiger partial charge in [-0.25, -0.2) is 4.79 Å². The molecule has 0 radical (unpaired) electrons. The van der Waals surface area contributed by atoms with E-state index in [0.717, 1.165) is 24.2 Å². The fourth-order valence-corrected chi connectivity index (χ4v) is 3.74. The number of halogens is 2. The van der Waals surface area contributed by atoms with Gasteiger partial charge in [0.15, 0.2) is 5.78 Å². The van der Waals surface area contributed by atoms with E-state index >= 15 is 0 Å². The van der Waals surface area contributed by atoms with Gasteiger partial charge in [0.25, 0.3) is 5.91 Å². The number of alkyl halides is 2. The van der Waals surface area contributed by atoms with Crippen LogP contribution in [0.1, 0.15) is 55.5 Å². The monoisotopic (exact) mass is 487 g/mol. The van der Waals surface area contributed by atoms with Gasteiger partial charge in [-0.05, 0) is 55.3 Å². The van der Waals surface area contributed by atoms with Crippen molar-refractivity contribution in [2.24, 2.45) is 0 Å². The van der Waals surface area contributed by atoms with E-state index in [9.17, 15) is 28.0 Å². The third-order valence-electron chi connectivity index (χ3n) is 5.73. The molecule has 1 aliphatic rings. The Morgan fingerprint density at radius 2 is 1.71 bits per heavy atom. The van der Waals surface area contributed by atoms with E-state index in [1.165, 1.54) is 43.3 Å². The highest BCUT2D eigenvalue weighted by molar-refractivity contribution is 6.11. The van der Waals surface area contributed by atoms with E-state index in [4.69, 9.17) is 0 Å². The molecule has 0 spiro atoms. The number of carbonyl (C=O) groups excluding carboxylic acids is 4. The molecule has 0 unspecified atom stereocenters. The summed E-state index contributed by atoms with van der Waals surface area (Å²) in [5.41, 5.74) is -0.292. The van der Waals surface area contributed by atoms with Crippen molar-refractivity contribution in [3.05, 3.63) is 59.7 Å². The SMILES string of the molecule is CCCCCC(=O)Nc1ccc(C(=O)CN2C(=O)N[C@@](C)(c3ccc(OC(F)F)cc3)C2=O)cc1. The highest BCUT2D eigenvalue weighted by atomic mass is 19.3. The molecule has 2 N–H and O–H groups in total. The minimum Gasteiger partial charge on any atom is -0.435 e. The van der Waals surface area contributed by atoms with E-state index in [0.29, 0.717) is 17.7 Å². The lowest BCUT2D eigenvalue weighted by molar-refractivity contribution is -0.130. The maximum Gasteiger partial charge on any atom is 0.387 e. The second-order valence-electron chi connectivity index (χ2n) is 8.36. The Bertz CT molecular complexity index is 1090. The lowest BCUT2D eigenvalue weighted by Gasteiger charge is -2.22.